The van der Waals surface area contributed by atoms with E-state index in [1.807, 2.05) is 0 Å². The highest BCUT2D eigenvalue weighted by atomic mass is 35.5. The maximum absolute atomic E-state index is 9.54. The molecule has 3 atom stereocenters. The number of hydrogen-bond acceptors (Lipinski definition) is 2. The van der Waals surface area contributed by atoms with Crippen LogP contribution in [0.5, 0.6) is 0 Å². The fourth-order valence-electron chi connectivity index (χ4n) is 4.23. The zero-order valence-corrected chi connectivity index (χ0v) is 12.3. The van der Waals surface area contributed by atoms with Gasteiger partial charge in [-0.1, -0.05) is 23.7 Å². The zero-order valence-electron chi connectivity index (χ0n) is 11.6. The molecule has 3 nitrogen and oxygen atoms in total. The van der Waals surface area contributed by atoms with E-state index in [4.69, 9.17) is 11.6 Å². The van der Waals surface area contributed by atoms with Crippen molar-refractivity contribution in [3.63, 3.8) is 0 Å². The van der Waals surface area contributed by atoms with E-state index in [1.165, 1.54) is 16.5 Å². The third-order valence-electron chi connectivity index (χ3n) is 5.14. The van der Waals surface area contributed by atoms with Crippen LogP contribution in [0.1, 0.15) is 23.5 Å². The van der Waals surface area contributed by atoms with Crippen molar-refractivity contribution >= 4 is 22.5 Å². The van der Waals surface area contributed by atoms with Crippen LogP contribution in [0.25, 0.3) is 10.9 Å². The Morgan fingerprint density at radius 3 is 3.10 bits per heavy atom. The van der Waals surface area contributed by atoms with Crippen LogP contribution in [0.3, 0.4) is 0 Å². The number of benzene rings is 1. The normalized spacial score (nSPS) is 29.6. The number of aromatic nitrogens is 1. The second-order valence-electron chi connectivity index (χ2n) is 6.29. The lowest BCUT2D eigenvalue weighted by Crippen LogP contribution is -2.48. The molecule has 1 aromatic carbocycles. The van der Waals surface area contributed by atoms with Gasteiger partial charge in [0.1, 0.15) is 5.15 Å². The number of aliphatic hydroxyl groups is 1. The van der Waals surface area contributed by atoms with Gasteiger partial charge in [0.25, 0.3) is 0 Å². The van der Waals surface area contributed by atoms with Crippen LogP contribution in [0.15, 0.2) is 18.2 Å². The summed E-state index contributed by atoms with van der Waals surface area (Å²) in [4.78, 5) is 5.71. The number of likely N-dealkylation sites (tertiary alicyclic amines) is 1. The molecule has 2 heterocycles. The highest BCUT2D eigenvalue weighted by Crippen LogP contribution is 2.45. The van der Waals surface area contributed by atoms with Crippen LogP contribution < -0.4 is 0 Å². The molecule has 0 amide bonds. The topological polar surface area (TPSA) is 39.3 Å². The molecular weight excluding hydrogens is 272 g/mol. The van der Waals surface area contributed by atoms with Crippen LogP contribution in [0.2, 0.25) is 5.15 Å². The summed E-state index contributed by atoms with van der Waals surface area (Å²) in [5, 5.41) is 11.7. The van der Waals surface area contributed by atoms with Gasteiger partial charge in [0.15, 0.2) is 0 Å². The number of likely N-dealkylation sites (N-methyl/N-ethyl adjacent to an activating group) is 1. The minimum atomic E-state index is 0.282. The number of piperidine rings is 1. The smallest absolute Gasteiger partial charge is 0.110 e. The summed E-state index contributed by atoms with van der Waals surface area (Å²) in [7, 11) is 2.17. The monoisotopic (exact) mass is 290 g/mol. The Labute approximate surface area is 123 Å². The molecule has 1 saturated heterocycles. The Balaban J connectivity index is 1.89. The average molecular weight is 291 g/mol. The van der Waals surface area contributed by atoms with E-state index in [9.17, 15) is 5.11 Å². The number of hydrogen-bond donors (Lipinski definition) is 2. The summed E-state index contributed by atoms with van der Waals surface area (Å²) >= 11 is 6.39. The third-order valence-corrected chi connectivity index (χ3v) is 5.47. The maximum atomic E-state index is 9.54. The van der Waals surface area contributed by atoms with Crippen molar-refractivity contribution in [3.8, 4) is 0 Å². The van der Waals surface area contributed by atoms with E-state index in [0.29, 0.717) is 17.9 Å². The largest absolute Gasteiger partial charge is 0.396 e. The van der Waals surface area contributed by atoms with Gasteiger partial charge < -0.3 is 15.0 Å². The van der Waals surface area contributed by atoms with Crippen LogP contribution in [0, 0.1) is 5.92 Å². The van der Waals surface area contributed by atoms with E-state index in [0.717, 1.165) is 30.1 Å². The molecule has 0 saturated carbocycles. The minimum Gasteiger partial charge on any atom is -0.396 e. The Kier molecular flexibility index (Phi) is 2.85. The van der Waals surface area contributed by atoms with Crippen molar-refractivity contribution in [1.29, 1.82) is 0 Å². The molecule has 2 N–H and O–H groups in total. The minimum absolute atomic E-state index is 0.282. The number of nitrogens with zero attached hydrogens (tertiary/aromatic N) is 1. The first kappa shape index (κ1) is 12.7. The number of H-pyrrole nitrogens is 1. The zero-order chi connectivity index (χ0) is 13.9. The van der Waals surface area contributed by atoms with Crippen molar-refractivity contribution in [2.45, 2.75) is 24.8 Å². The van der Waals surface area contributed by atoms with Crippen molar-refractivity contribution in [3.05, 3.63) is 34.5 Å². The predicted octanol–water partition coefficient (Wildman–Crippen LogP) is 2.77. The van der Waals surface area contributed by atoms with Crippen LogP contribution >= 0.6 is 11.6 Å². The standard InChI is InChI=1S/C16H19ClN2O/c1-19-7-9(8-20)5-11-10-3-2-4-13-15(10)12(6-14(11)19)16(17)18-13/h2-4,9,11,14,18,20H,5-8H2,1H3/t9-,11-,14-/m1/s1. The first-order valence-corrected chi connectivity index (χ1v) is 7.67. The number of rotatable bonds is 1. The molecule has 0 radical (unpaired) electrons. The second-order valence-corrected chi connectivity index (χ2v) is 6.67. The Morgan fingerprint density at radius 2 is 2.30 bits per heavy atom. The number of fused-ring (bicyclic) bond motifs is 2. The molecule has 0 unspecified atom stereocenters. The fourth-order valence-corrected chi connectivity index (χ4v) is 4.50. The van der Waals surface area contributed by atoms with E-state index >= 15 is 0 Å². The van der Waals surface area contributed by atoms with Crippen LogP contribution in [0.4, 0.5) is 0 Å². The average Bonchev–Trinajstić information content (AvgIpc) is 2.77. The summed E-state index contributed by atoms with van der Waals surface area (Å²) < 4.78 is 0. The molecule has 4 rings (SSSR count). The van der Waals surface area contributed by atoms with Gasteiger partial charge in [0.2, 0.25) is 0 Å². The molecule has 2 aromatic rings. The molecule has 20 heavy (non-hydrogen) atoms. The summed E-state index contributed by atoms with van der Waals surface area (Å²) in [6, 6.07) is 6.95. The van der Waals surface area contributed by atoms with Gasteiger partial charge in [-0.2, -0.15) is 0 Å². The van der Waals surface area contributed by atoms with Gasteiger partial charge in [-0.15, -0.1) is 0 Å². The molecule has 0 bridgehead atoms. The number of aliphatic hydroxyl groups excluding tert-OH is 1. The first-order chi connectivity index (χ1) is 9.69. The molecule has 1 fully saturated rings. The molecule has 1 aromatic heterocycles. The van der Waals surface area contributed by atoms with Gasteiger partial charge in [-0.25, -0.2) is 0 Å². The van der Waals surface area contributed by atoms with Crippen LogP contribution in [-0.2, 0) is 6.42 Å². The molecule has 4 heteroatoms. The lowest BCUT2D eigenvalue weighted by atomic mass is 9.72. The molecule has 0 spiro atoms. The summed E-state index contributed by atoms with van der Waals surface area (Å²) in [6.07, 6.45) is 2.09. The van der Waals surface area contributed by atoms with Gasteiger partial charge in [-0.05, 0) is 43.0 Å². The van der Waals surface area contributed by atoms with Crippen LogP contribution in [-0.4, -0.2) is 41.2 Å². The van der Waals surface area contributed by atoms with E-state index in [1.54, 1.807) is 0 Å². The van der Waals surface area contributed by atoms with Crippen molar-refractivity contribution in [2.75, 3.05) is 20.2 Å². The number of halogens is 1. The van der Waals surface area contributed by atoms with Crippen molar-refractivity contribution < 1.29 is 5.11 Å². The number of aromatic amines is 1. The van der Waals surface area contributed by atoms with Gasteiger partial charge in [0, 0.05) is 36.0 Å². The molecule has 1 aliphatic carbocycles. The maximum Gasteiger partial charge on any atom is 0.110 e. The fraction of sp³-hybridized carbons (Fsp3) is 0.500. The predicted molar refractivity (Wildman–Crippen MR) is 81.4 cm³/mol. The lowest BCUT2D eigenvalue weighted by molar-refractivity contribution is 0.0772. The summed E-state index contributed by atoms with van der Waals surface area (Å²) in [5.41, 5.74) is 3.82. The molecule has 2 aliphatic rings. The van der Waals surface area contributed by atoms with Gasteiger partial charge >= 0.3 is 0 Å². The SMILES string of the molecule is CN1C[C@H](CO)C[C@@H]2c3cccc4[nH]c(Cl)c(c34)C[C@H]21. The highest BCUT2D eigenvalue weighted by molar-refractivity contribution is 6.32. The Morgan fingerprint density at radius 1 is 1.45 bits per heavy atom. The summed E-state index contributed by atoms with van der Waals surface area (Å²) in [6.45, 7) is 1.26. The molecule has 106 valence electrons. The first-order valence-electron chi connectivity index (χ1n) is 7.29. The Bertz CT molecular complexity index is 666. The van der Waals surface area contributed by atoms with E-state index in [-0.39, 0.29) is 6.61 Å². The molecular formula is C16H19ClN2O. The van der Waals surface area contributed by atoms with Gasteiger partial charge in [-0.3, -0.25) is 0 Å². The van der Waals surface area contributed by atoms with Crippen molar-refractivity contribution in [1.82, 2.24) is 9.88 Å². The third kappa shape index (κ3) is 1.67. The number of nitrogens with one attached hydrogen (secondary N) is 1. The van der Waals surface area contributed by atoms with Gasteiger partial charge in [0.05, 0.1) is 0 Å². The lowest BCUT2D eigenvalue weighted by Gasteiger charge is -2.45. The summed E-state index contributed by atoms with van der Waals surface area (Å²) in [5.74, 6) is 0.890. The second kappa shape index (κ2) is 4.48. The highest BCUT2D eigenvalue weighted by Gasteiger charge is 2.39. The molecule has 1 aliphatic heterocycles. The van der Waals surface area contributed by atoms with Crippen molar-refractivity contribution in [2.24, 2.45) is 5.92 Å². The van der Waals surface area contributed by atoms with E-state index < -0.39 is 0 Å². The van der Waals surface area contributed by atoms with E-state index in [2.05, 4.69) is 35.1 Å². The Hall–Kier alpha value is -1.03. The quantitative estimate of drug-likeness (QED) is 0.848.